The molecule has 25 heavy (non-hydrogen) atoms. The van der Waals surface area contributed by atoms with Gasteiger partial charge in [0.05, 0.1) is 17.6 Å². The van der Waals surface area contributed by atoms with Gasteiger partial charge in [-0.05, 0) is 25.1 Å². The fourth-order valence-corrected chi connectivity index (χ4v) is 2.58. The van der Waals surface area contributed by atoms with Crippen LogP contribution in [0.5, 0.6) is 0 Å². The number of carbonyl (C=O) groups excluding carboxylic acids is 1. The highest BCUT2D eigenvalue weighted by molar-refractivity contribution is 6.03. The summed E-state index contributed by atoms with van der Waals surface area (Å²) in [5.41, 5.74) is 8.23. The molecule has 9 heteroatoms. The number of halogens is 2. The number of carbonyl (C=O) groups is 1. The van der Waals surface area contributed by atoms with E-state index >= 15 is 0 Å². The Kier molecular flexibility index (Phi) is 7.41. The summed E-state index contributed by atoms with van der Waals surface area (Å²) < 4.78 is 7.25. The minimum atomic E-state index is -0.335. The molecule has 7 nitrogen and oxygen atoms in total. The summed E-state index contributed by atoms with van der Waals surface area (Å²) in [5.74, 6) is 1.04. The van der Waals surface area contributed by atoms with Crippen molar-refractivity contribution in [3.63, 3.8) is 0 Å². The van der Waals surface area contributed by atoms with Gasteiger partial charge in [0.1, 0.15) is 12.1 Å². The summed E-state index contributed by atoms with van der Waals surface area (Å²) in [6.07, 6.45) is 2.17. The zero-order chi connectivity index (χ0) is 16.4. The number of aryl methyl sites for hydroxylation is 2. The van der Waals surface area contributed by atoms with Gasteiger partial charge < -0.3 is 20.0 Å². The highest BCUT2D eigenvalue weighted by Crippen LogP contribution is 2.21. The standard InChI is InChI=1S/C16H19N5O2.2ClH/c1-3-14-19-11-7-10(5-6-13(11)21(14)4-2)18-16(22)12-9-23-15(8-17)20-12;;/h5-7,9H,3-4,8,17H2,1-2H3,(H,18,22);2*1H. The molecule has 2 aromatic heterocycles. The molecule has 0 fully saturated rings. The lowest BCUT2D eigenvalue weighted by atomic mass is 10.2. The van der Waals surface area contributed by atoms with Gasteiger partial charge in [-0.15, -0.1) is 24.8 Å². The second-order valence-electron chi connectivity index (χ2n) is 5.11. The summed E-state index contributed by atoms with van der Waals surface area (Å²) in [6, 6.07) is 5.69. The van der Waals surface area contributed by atoms with Gasteiger partial charge in [-0.25, -0.2) is 9.97 Å². The Hall–Kier alpha value is -2.09. The van der Waals surface area contributed by atoms with Crippen molar-refractivity contribution in [1.29, 1.82) is 0 Å². The lowest BCUT2D eigenvalue weighted by Crippen LogP contribution is -2.12. The van der Waals surface area contributed by atoms with Crippen molar-refractivity contribution in [2.75, 3.05) is 5.32 Å². The summed E-state index contributed by atoms with van der Waals surface area (Å²) >= 11 is 0. The van der Waals surface area contributed by atoms with Gasteiger partial charge in [0, 0.05) is 18.7 Å². The Balaban J connectivity index is 0.00000156. The average molecular weight is 386 g/mol. The number of imidazole rings is 1. The number of fused-ring (bicyclic) bond motifs is 1. The van der Waals surface area contributed by atoms with E-state index in [1.807, 2.05) is 18.2 Å². The minimum Gasteiger partial charge on any atom is -0.447 e. The van der Waals surface area contributed by atoms with Crippen molar-refractivity contribution in [1.82, 2.24) is 14.5 Å². The highest BCUT2D eigenvalue weighted by Gasteiger charge is 2.13. The quantitative estimate of drug-likeness (QED) is 0.702. The molecular weight excluding hydrogens is 365 g/mol. The second kappa shape index (κ2) is 8.84. The van der Waals surface area contributed by atoms with Gasteiger partial charge in [0.2, 0.25) is 5.89 Å². The van der Waals surface area contributed by atoms with Crippen molar-refractivity contribution in [3.05, 3.63) is 41.9 Å². The van der Waals surface area contributed by atoms with Crippen LogP contribution in [-0.4, -0.2) is 20.4 Å². The first-order chi connectivity index (χ1) is 11.2. The monoisotopic (exact) mass is 385 g/mol. The maximum absolute atomic E-state index is 12.2. The van der Waals surface area contributed by atoms with Crippen molar-refractivity contribution >= 4 is 47.4 Å². The maximum atomic E-state index is 12.2. The molecule has 136 valence electrons. The molecule has 0 radical (unpaired) electrons. The van der Waals surface area contributed by atoms with Crippen molar-refractivity contribution < 1.29 is 9.21 Å². The normalized spacial score (nSPS) is 10.2. The predicted octanol–water partition coefficient (Wildman–Crippen LogP) is 3.16. The van der Waals surface area contributed by atoms with E-state index in [2.05, 4.69) is 33.7 Å². The summed E-state index contributed by atoms with van der Waals surface area (Å²) in [4.78, 5) is 20.8. The minimum absolute atomic E-state index is 0. The lowest BCUT2D eigenvalue weighted by molar-refractivity contribution is 0.102. The smallest absolute Gasteiger partial charge is 0.277 e. The molecule has 0 aliphatic carbocycles. The predicted molar refractivity (Wildman–Crippen MR) is 102 cm³/mol. The van der Waals surface area contributed by atoms with Crippen LogP contribution in [0.15, 0.2) is 28.9 Å². The SMILES string of the molecule is CCc1nc2cc(NC(=O)c3coc(CN)n3)ccc2n1CC.Cl.Cl. The number of benzene rings is 1. The van der Waals surface area contributed by atoms with Gasteiger partial charge in [-0.2, -0.15) is 0 Å². The molecule has 0 saturated heterocycles. The molecule has 1 amide bonds. The molecular formula is C16H21Cl2N5O2. The molecule has 1 aromatic carbocycles. The number of anilines is 1. The molecule has 0 aliphatic heterocycles. The number of hydrogen-bond donors (Lipinski definition) is 2. The second-order valence-corrected chi connectivity index (χ2v) is 5.11. The van der Waals surface area contributed by atoms with Crippen LogP contribution in [0, 0.1) is 0 Å². The molecule has 3 aromatic rings. The van der Waals surface area contributed by atoms with Crippen LogP contribution >= 0.6 is 24.8 Å². The number of rotatable bonds is 5. The molecule has 0 atom stereocenters. The molecule has 0 bridgehead atoms. The molecule has 0 saturated carbocycles. The topological polar surface area (TPSA) is 99.0 Å². The van der Waals surface area contributed by atoms with E-state index in [1.54, 1.807) is 0 Å². The number of hydrogen-bond acceptors (Lipinski definition) is 5. The molecule has 3 rings (SSSR count). The average Bonchev–Trinajstić information content (AvgIpc) is 3.18. The van der Waals surface area contributed by atoms with Gasteiger partial charge in [-0.3, -0.25) is 4.79 Å². The van der Waals surface area contributed by atoms with E-state index in [-0.39, 0.29) is 43.0 Å². The zero-order valence-electron chi connectivity index (χ0n) is 14.0. The number of oxazole rings is 1. The third-order valence-corrected chi connectivity index (χ3v) is 3.68. The number of nitrogens with zero attached hydrogens (tertiary/aromatic N) is 3. The first-order valence-electron chi connectivity index (χ1n) is 7.61. The highest BCUT2D eigenvalue weighted by atomic mass is 35.5. The molecule has 0 aliphatic rings. The number of nitrogens with one attached hydrogen (secondary N) is 1. The van der Waals surface area contributed by atoms with Crippen LogP contribution in [0.3, 0.4) is 0 Å². The molecule has 3 N–H and O–H groups in total. The lowest BCUT2D eigenvalue weighted by Gasteiger charge is -2.05. The van der Waals surface area contributed by atoms with Crippen molar-refractivity contribution in [2.45, 2.75) is 33.4 Å². The first kappa shape index (κ1) is 21.0. The van der Waals surface area contributed by atoms with Crippen molar-refractivity contribution in [3.8, 4) is 0 Å². The zero-order valence-corrected chi connectivity index (χ0v) is 15.6. The van der Waals surface area contributed by atoms with E-state index in [4.69, 9.17) is 10.2 Å². The van der Waals surface area contributed by atoms with E-state index in [0.717, 1.165) is 29.8 Å². The van der Waals surface area contributed by atoms with Crippen molar-refractivity contribution in [2.24, 2.45) is 5.73 Å². The molecule has 0 unspecified atom stereocenters. The van der Waals surface area contributed by atoms with E-state index < -0.39 is 0 Å². The third-order valence-electron chi connectivity index (χ3n) is 3.68. The Labute approximate surface area is 157 Å². The van der Waals surface area contributed by atoms with Crippen LogP contribution in [-0.2, 0) is 19.5 Å². The Morgan fingerprint density at radius 3 is 2.64 bits per heavy atom. The summed E-state index contributed by atoms with van der Waals surface area (Å²) in [6.45, 7) is 5.20. The largest absolute Gasteiger partial charge is 0.447 e. The van der Waals surface area contributed by atoms with Gasteiger partial charge in [-0.1, -0.05) is 6.92 Å². The van der Waals surface area contributed by atoms with E-state index in [0.29, 0.717) is 11.6 Å². The van der Waals surface area contributed by atoms with Gasteiger partial charge in [0.15, 0.2) is 5.69 Å². The summed E-state index contributed by atoms with van der Waals surface area (Å²) in [7, 11) is 0. The fourth-order valence-electron chi connectivity index (χ4n) is 2.58. The van der Waals surface area contributed by atoms with E-state index in [9.17, 15) is 4.79 Å². The summed E-state index contributed by atoms with van der Waals surface area (Å²) in [5, 5.41) is 2.80. The third kappa shape index (κ3) is 4.12. The molecule has 0 spiro atoms. The van der Waals surface area contributed by atoms with Crippen LogP contribution in [0.25, 0.3) is 11.0 Å². The number of amides is 1. The van der Waals surface area contributed by atoms with Gasteiger partial charge in [0.25, 0.3) is 5.91 Å². The van der Waals surface area contributed by atoms with Crippen LogP contribution < -0.4 is 11.1 Å². The maximum Gasteiger partial charge on any atom is 0.277 e. The van der Waals surface area contributed by atoms with Crippen LogP contribution in [0.1, 0.15) is 36.1 Å². The van der Waals surface area contributed by atoms with Crippen LogP contribution in [0.2, 0.25) is 0 Å². The number of aromatic nitrogens is 3. The molecule has 2 heterocycles. The fraction of sp³-hybridized carbons (Fsp3) is 0.312. The Morgan fingerprint density at radius 2 is 2.04 bits per heavy atom. The van der Waals surface area contributed by atoms with E-state index in [1.165, 1.54) is 6.26 Å². The van der Waals surface area contributed by atoms with Gasteiger partial charge >= 0.3 is 0 Å². The van der Waals surface area contributed by atoms with Crippen LogP contribution in [0.4, 0.5) is 5.69 Å². The first-order valence-corrected chi connectivity index (χ1v) is 7.61. The Bertz CT molecular complexity index is 859. The number of nitrogens with two attached hydrogens (primary N) is 1. The Morgan fingerprint density at radius 1 is 1.28 bits per heavy atom.